The molecule has 0 bridgehead atoms. The smallest absolute Gasteiger partial charge is 0.238 e. The lowest BCUT2D eigenvalue weighted by Gasteiger charge is -2.30. The SMILES string of the molecule is CN1C(=S)SC(/[N+]([O-])=C/c2ccco2)C1(C)C. The Balaban J connectivity index is 2.27. The van der Waals surface area contributed by atoms with E-state index in [0.29, 0.717) is 5.76 Å². The van der Waals surface area contributed by atoms with Crippen LogP contribution in [0.25, 0.3) is 0 Å². The van der Waals surface area contributed by atoms with E-state index in [-0.39, 0.29) is 10.9 Å². The molecule has 1 aliphatic rings. The minimum Gasteiger partial charge on any atom is -0.623 e. The molecule has 2 heterocycles. The van der Waals surface area contributed by atoms with E-state index in [9.17, 15) is 5.21 Å². The molecule has 1 aliphatic heterocycles. The summed E-state index contributed by atoms with van der Waals surface area (Å²) in [6.45, 7) is 4.01. The van der Waals surface area contributed by atoms with E-state index < -0.39 is 0 Å². The lowest BCUT2D eigenvalue weighted by molar-refractivity contribution is -0.481. The Kier molecular flexibility index (Phi) is 3.18. The number of likely N-dealkylation sites (N-methyl/N-ethyl adjacent to an activating group) is 1. The topological polar surface area (TPSA) is 42.5 Å². The summed E-state index contributed by atoms with van der Waals surface area (Å²) in [5.74, 6) is 0.553. The van der Waals surface area contributed by atoms with Gasteiger partial charge >= 0.3 is 0 Å². The van der Waals surface area contributed by atoms with Gasteiger partial charge in [-0.1, -0.05) is 12.2 Å². The summed E-state index contributed by atoms with van der Waals surface area (Å²) < 4.78 is 6.79. The maximum absolute atomic E-state index is 12.1. The number of nitrogens with zero attached hydrogens (tertiary/aromatic N) is 2. The van der Waals surface area contributed by atoms with Crippen molar-refractivity contribution in [1.82, 2.24) is 4.90 Å². The quantitative estimate of drug-likeness (QED) is 0.271. The van der Waals surface area contributed by atoms with Gasteiger partial charge in [0.25, 0.3) is 0 Å². The average molecular weight is 270 g/mol. The van der Waals surface area contributed by atoms with Gasteiger partial charge in [0.1, 0.15) is 9.86 Å². The fourth-order valence-corrected chi connectivity index (χ4v) is 3.35. The number of hydrogen-bond acceptors (Lipinski definition) is 4. The average Bonchev–Trinajstić information content (AvgIpc) is 2.82. The third kappa shape index (κ3) is 2.19. The molecule has 1 fully saturated rings. The number of thiocarbonyl (C=S) groups is 1. The van der Waals surface area contributed by atoms with Crippen molar-refractivity contribution >= 4 is 34.5 Å². The van der Waals surface area contributed by atoms with Crippen LogP contribution in [0, 0.1) is 5.21 Å². The van der Waals surface area contributed by atoms with Gasteiger partial charge in [0.15, 0.2) is 5.76 Å². The van der Waals surface area contributed by atoms with Crippen molar-refractivity contribution in [2.45, 2.75) is 24.8 Å². The standard InChI is InChI=1S/C11H14N2O2S2/c1-11(2)9(17-10(16)12(11)3)13(14)7-8-5-4-6-15-8/h4-7,9H,1-3H3/b13-7-. The number of furan rings is 1. The normalized spacial score (nSPS) is 24.4. The Morgan fingerprint density at radius 3 is 2.82 bits per heavy atom. The summed E-state index contributed by atoms with van der Waals surface area (Å²) in [6, 6.07) is 3.50. The lowest BCUT2D eigenvalue weighted by Crippen LogP contribution is -2.46. The minimum absolute atomic E-state index is 0.259. The molecule has 0 saturated carbocycles. The Morgan fingerprint density at radius 1 is 1.65 bits per heavy atom. The zero-order valence-electron chi connectivity index (χ0n) is 9.91. The van der Waals surface area contributed by atoms with Gasteiger partial charge in [0, 0.05) is 7.05 Å². The van der Waals surface area contributed by atoms with Crippen molar-refractivity contribution in [1.29, 1.82) is 0 Å². The van der Waals surface area contributed by atoms with Gasteiger partial charge in [-0.3, -0.25) is 0 Å². The summed E-state index contributed by atoms with van der Waals surface area (Å²) in [6.07, 6.45) is 3.00. The molecule has 1 aromatic heterocycles. The monoisotopic (exact) mass is 270 g/mol. The van der Waals surface area contributed by atoms with Crippen molar-refractivity contribution < 1.29 is 9.16 Å². The van der Waals surface area contributed by atoms with Crippen LogP contribution in [-0.4, -0.2) is 38.1 Å². The van der Waals surface area contributed by atoms with E-state index >= 15 is 0 Å². The van der Waals surface area contributed by atoms with E-state index in [1.54, 1.807) is 18.4 Å². The van der Waals surface area contributed by atoms with E-state index in [1.165, 1.54) is 18.0 Å². The third-order valence-electron chi connectivity index (χ3n) is 2.98. The molecule has 4 nitrogen and oxygen atoms in total. The fourth-order valence-electron chi connectivity index (χ4n) is 1.64. The van der Waals surface area contributed by atoms with Crippen LogP contribution < -0.4 is 0 Å². The van der Waals surface area contributed by atoms with Crippen LogP contribution in [-0.2, 0) is 0 Å². The first-order chi connectivity index (χ1) is 7.93. The number of thioether (sulfide) groups is 1. The molecule has 2 rings (SSSR count). The highest BCUT2D eigenvalue weighted by molar-refractivity contribution is 8.23. The van der Waals surface area contributed by atoms with Crippen LogP contribution in [0.4, 0.5) is 0 Å². The highest BCUT2D eigenvalue weighted by Gasteiger charge is 2.48. The van der Waals surface area contributed by atoms with Gasteiger partial charge in [-0.2, -0.15) is 4.74 Å². The second-order valence-corrected chi connectivity index (χ2v) is 6.17. The zero-order chi connectivity index (χ0) is 12.6. The molecule has 0 aromatic carbocycles. The molecule has 0 aliphatic carbocycles. The van der Waals surface area contributed by atoms with Gasteiger partial charge in [0.05, 0.1) is 6.26 Å². The maximum atomic E-state index is 12.1. The van der Waals surface area contributed by atoms with Gasteiger partial charge in [0.2, 0.25) is 11.6 Å². The van der Waals surface area contributed by atoms with Crippen LogP contribution in [0.3, 0.4) is 0 Å². The van der Waals surface area contributed by atoms with Crippen molar-refractivity contribution in [3.63, 3.8) is 0 Å². The zero-order valence-corrected chi connectivity index (χ0v) is 11.5. The van der Waals surface area contributed by atoms with Crippen molar-refractivity contribution in [2.75, 3.05) is 7.05 Å². The maximum Gasteiger partial charge on any atom is 0.238 e. The Hall–Kier alpha value is -1.01. The van der Waals surface area contributed by atoms with E-state index in [2.05, 4.69) is 0 Å². The van der Waals surface area contributed by atoms with E-state index in [0.717, 1.165) is 9.06 Å². The molecule has 6 heteroatoms. The summed E-state index contributed by atoms with van der Waals surface area (Å²) >= 11 is 6.63. The van der Waals surface area contributed by atoms with Crippen LogP contribution in [0.5, 0.6) is 0 Å². The molecule has 1 saturated heterocycles. The Morgan fingerprint density at radius 2 is 2.35 bits per heavy atom. The van der Waals surface area contributed by atoms with Crippen LogP contribution in [0.1, 0.15) is 19.6 Å². The molecule has 92 valence electrons. The Bertz CT molecular complexity index is 454. The van der Waals surface area contributed by atoms with Gasteiger partial charge < -0.3 is 14.5 Å². The minimum atomic E-state index is -0.299. The summed E-state index contributed by atoms with van der Waals surface area (Å²) in [5.41, 5.74) is -0.299. The number of hydrogen-bond donors (Lipinski definition) is 0. The number of rotatable bonds is 2. The molecule has 0 amide bonds. The first-order valence-corrected chi connectivity index (χ1v) is 6.50. The van der Waals surface area contributed by atoms with Crippen molar-refractivity contribution in [3.05, 3.63) is 29.4 Å². The predicted molar refractivity (Wildman–Crippen MR) is 73.3 cm³/mol. The first-order valence-electron chi connectivity index (χ1n) is 5.21. The second-order valence-electron chi connectivity index (χ2n) is 4.45. The molecule has 0 N–H and O–H groups in total. The van der Waals surface area contributed by atoms with Crippen molar-refractivity contribution in [3.8, 4) is 0 Å². The molecule has 0 radical (unpaired) electrons. The van der Waals surface area contributed by atoms with Gasteiger partial charge in [-0.15, -0.1) is 0 Å². The van der Waals surface area contributed by atoms with Crippen LogP contribution in [0.15, 0.2) is 22.8 Å². The van der Waals surface area contributed by atoms with E-state index in [4.69, 9.17) is 16.6 Å². The number of hydroxylamine groups is 1. The summed E-state index contributed by atoms with van der Waals surface area (Å²) in [7, 11) is 1.91. The van der Waals surface area contributed by atoms with E-state index in [1.807, 2.05) is 25.8 Å². The molecule has 1 aromatic rings. The molecule has 17 heavy (non-hydrogen) atoms. The van der Waals surface area contributed by atoms with Crippen molar-refractivity contribution in [2.24, 2.45) is 0 Å². The second kappa shape index (κ2) is 4.34. The highest BCUT2D eigenvalue weighted by atomic mass is 32.2. The largest absolute Gasteiger partial charge is 0.623 e. The first kappa shape index (κ1) is 12.4. The van der Waals surface area contributed by atoms with Crippen LogP contribution >= 0.6 is 24.0 Å². The fraction of sp³-hybridized carbons (Fsp3) is 0.455. The lowest BCUT2D eigenvalue weighted by atomic mass is 10.0. The predicted octanol–water partition coefficient (Wildman–Crippen LogP) is 2.28. The molecule has 1 atom stereocenters. The molecular formula is C11H14N2O2S2. The summed E-state index contributed by atoms with van der Waals surface area (Å²) in [4.78, 5) is 1.96. The highest BCUT2D eigenvalue weighted by Crippen LogP contribution is 2.38. The molecule has 0 spiro atoms. The van der Waals surface area contributed by atoms with Crippen LogP contribution in [0.2, 0.25) is 0 Å². The Labute approximate surface area is 110 Å². The molecule has 1 unspecified atom stereocenters. The summed E-state index contributed by atoms with van der Waals surface area (Å²) in [5, 5.41) is 11.9. The molecular weight excluding hydrogens is 256 g/mol. The third-order valence-corrected chi connectivity index (χ3v) is 5.03. The van der Waals surface area contributed by atoms with Gasteiger partial charge in [-0.05, 0) is 37.7 Å². The van der Waals surface area contributed by atoms with Gasteiger partial charge in [-0.25, -0.2) is 0 Å².